The normalized spacial score (nSPS) is 11.6. The minimum atomic E-state index is -4.41. The molecule has 0 atom stereocenters. The molecular formula is C9H9F4NOS. The van der Waals surface area contributed by atoms with Crippen LogP contribution in [0.5, 0.6) is 0 Å². The Labute approximate surface area is 94.0 Å². The molecule has 7 heteroatoms. The van der Waals surface area contributed by atoms with Crippen LogP contribution < -0.4 is 5.32 Å². The van der Waals surface area contributed by atoms with Crippen LogP contribution in [-0.4, -0.2) is 19.3 Å². The fourth-order valence-electron chi connectivity index (χ4n) is 0.986. The maximum Gasteiger partial charge on any atom is 0.446 e. The van der Waals surface area contributed by atoms with E-state index in [9.17, 15) is 17.6 Å². The second kappa shape index (κ2) is 5.40. The van der Waals surface area contributed by atoms with Gasteiger partial charge in [0, 0.05) is 12.0 Å². The van der Waals surface area contributed by atoms with Gasteiger partial charge in [0.25, 0.3) is 0 Å². The molecule has 0 saturated heterocycles. The molecule has 2 nitrogen and oxygen atoms in total. The summed E-state index contributed by atoms with van der Waals surface area (Å²) in [5.74, 6) is -0.744. The number of thioether (sulfide) groups is 1. The first-order chi connectivity index (χ1) is 7.42. The van der Waals surface area contributed by atoms with Crippen molar-refractivity contribution in [3.05, 3.63) is 24.0 Å². The number of benzene rings is 1. The molecule has 1 aromatic rings. The average Bonchev–Trinajstić information content (AvgIpc) is 2.14. The first kappa shape index (κ1) is 13.1. The average molecular weight is 255 g/mol. The molecule has 0 bridgehead atoms. The van der Waals surface area contributed by atoms with Crippen LogP contribution >= 0.6 is 11.8 Å². The summed E-state index contributed by atoms with van der Waals surface area (Å²) in [6.07, 6.45) is 0. The Kier molecular flexibility index (Phi) is 4.43. The number of hydrogen-bond acceptors (Lipinski definition) is 3. The van der Waals surface area contributed by atoms with Gasteiger partial charge in [0.2, 0.25) is 0 Å². The van der Waals surface area contributed by atoms with Crippen molar-refractivity contribution >= 4 is 17.4 Å². The SMILES string of the molecule is COCNc1ccc(SC(F)(F)F)cc1F. The summed E-state index contributed by atoms with van der Waals surface area (Å²) in [6.45, 7) is 0.0860. The fraction of sp³-hybridized carbons (Fsp3) is 0.333. The van der Waals surface area contributed by atoms with E-state index in [1.807, 2.05) is 0 Å². The van der Waals surface area contributed by atoms with Crippen molar-refractivity contribution in [1.29, 1.82) is 0 Å². The van der Waals surface area contributed by atoms with Crippen LogP contribution in [0, 0.1) is 5.82 Å². The minimum Gasteiger partial charge on any atom is -0.365 e. The number of hydrogen-bond donors (Lipinski definition) is 1. The lowest BCUT2D eigenvalue weighted by Crippen LogP contribution is -2.05. The van der Waals surface area contributed by atoms with E-state index in [2.05, 4.69) is 10.1 Å². The summed E-state index contributed by atoms with van der Waals surface area (Å²) in [4.78, 5) is -0.187. The highest BCUT2D eigenvalue weighted by Crippen LogP contribution is 2.37. The lowest BCUT2D eigenvalue weighted by molar-refractivity contribution is -0.0328. The molecule has 0 fully saturated rings. The maximum absolute atomic E-state index is 13.2. The van der Waals surface area contributed by atoms with Crippen LogP contribution in [0.15, 0.2) is 23.1 Å². The van der Waals surface area contributed by atoms with E-state index in [1.165, 1.54) is 19.2 Å². The Morgan fingerprint density at radius 3 is 2.56 bits per heavy atom. The van der Waals surface area contributed by atoms with Crippen LogP contribution in [0.2, 0.25) is 0 Å². The highest BCUT2D eigenvalue weighted by molar-refractivity contribution is 8.00. The van der Waals surface area contributed by atoms with E-state index in [4.69, 9.17) is 0 Å². The van der Waals surface area contributed by atoms with Gasteiger partial charge in [-0.15, -0.1) is 0 Å². The molecule has 0 aliphatic heterocycles. The molecule has 16 heavy (non-hydrogen) atoms. The summed E-state index contributed by atoms with van der Waals surface area (Å²) >= 11 is -0.352. The van der Waals surface area contributed by atoms with E-state index in [0.29, 0.717) is 0 Å². The van der Waals surface area contributed by atoms with Crippen molar-refractivity contribution in [2.75, 3.05) is 19.2 Å². The third-order valence-corrected chi connectivity index (χ3v) is 2.30. The second-order valence-electron chi connectivity index (χ2n) is 2.80. The van der Waals surface area contributed by atoms with Crippen molar-refractivity contribution in [3.8, 4) is 0 Å². The predicted molar refractivity (Wildman–Crippen MR) is 53.8 cm³/mol. The monoisotopic (exact) mass is 255 g/mol. The van der Waals surface area contributed by atoms with Crippen molar-refractivity contribution in [1.82, 2.24) is 0 Å². The number of ether oxygens (including phenoxy) is 1. The molecule has 1 aromatic carbocycles. The van der Waals surface area contributed by atoms with Crippen molar-refractivity contribution in [2.24, 2.45) is 0 Å². The Hall–Kier alpha value is -0.950. The Morgan fingerprint density at radius 1 is 1.38 bits per heavy atom. The van der Waals surface area contributed by atoms with E-state index in [0.717, 1.165) is 6.07 Å². The van der Waals surface area contributed by atoms with Gasteiger partial charge in [0.15, 0.2) is 0 Å². The summed E-state index contributed by atoms with van der Waals surface area (Å²) in [7, 11) is 1.42. The first-order valence-corrected chi connectivity index (χ1v) is 5.02. The molecule has 0 amide bonds. The van der Waals surface area contributed by atoms with Crippen LogP contribution in [0.25, 0.3) is 0 Å². The number of alkyl halides is 3. The molecule has 0 aliphatic rings. The predicted octanol–water partition coefficient (Wildman–Crippen LogP) is 3.45. The van der Waals surface area contributed by atoms with E-state index >= 15 is 0 Å². The molecule has 1 N–H and O–H groups in total. The standard InChI is InChI=1S/C9H9F4NOS/c1-15-5-14-8-3-2-6(4-7(8)10)16-9(11,12)13/h2-4,14H,5H2,1H3. The lowest BCUT2D eigenvalue weighted by Gasteiger charge is -2.09. The van der Waals surface area contributed by atoms with E-state index in [1.54, 1.807) is 0 Å². The number of anilines is 1. The quantitative estimate of drug-likeness (QED) is 0.506. The first-order valence-electron chi connectivity index (χ1n) is 4.20. The zero-order chi connectivity index (χ0) is 12.2. The van der Waals surface area contributed by atoms with Gasteiger partial charge in [-0.1, -0.05) is 0 Å². The molecule has 0 radical (unpaired) electrons. The van der Waals surface area contributed by atoms with Gasteiger partial charge in [-0.05, 0) is 30.0 Å². The van der Waals surface area contributed by atoms with Crippen molar-refractivity contribution in [3.63, 3.8) is 0 Å². The fourth-order valence-corrected chi connectivity index (χ4v) is 1.55. The molecular weight excluding hydrogens is 246 g/mol. The largest absolute Gasteiger partial charge is 0.446 e. The molecule has 0 saturated carbocycles. The number of rotatable bonds is 4. The third-order valence-electron chi connectivity index (χ3n) is 1.58. The van der Waals surface area contributed by atoms with Gasteiger partial charge >= 0.3 is 5.51 Å². The third kappa shape index (κ3) is 4.28. The maximum atomic E-state index is 13.2. The van der Waals surface area contributed by atoms with Crippen molar-refractivity contribution in [2.45, 2.75) is 10.4 Å². The lowest BCUT2D eigenvalue weighted by atomic mass is 10.3. The number of halogens is 4. The van der Waals surface area contributed by atoms with Gasteiger partial charge in [-0.3, -0.25) is 0 Å². The molecule has 1 rings (SSSR count). The zero-order valence-electron chi connectivity index (χ0n) is 8.27. The van der Waals surface area contributed by atoms with Gasteiger partial charge in [-0.25, -0.2) is 4.39 Å². The highest BCUT2D eigenvalue weighted by atomic mass is 32.2. The molecule has 0 spiro atoms. The summed E-state index contributed by atoms with van der Waals surface area (Å²) in [5.41, 5.74) is -4.30. The smallest absolute Gasteiger partial charge is 0.365 e. The number of methoxy groups -OCH3 is 1. The second-order valence-corrected chi connectivity index (χ2v) is 3.94. The van der Waals surface area contributed by atoms with Gasteiger partial charge < -0.3 is 10.1 Å². The van der Waals surface area contributed by atoms with E-state index < -0.39 is 11.3 Å². The van der Waals surface area contributed by atoms with Crippen LogP contribution in [0.3, 0.4) is 0 Å². The molecule has 90 valence electrons. The molecule has 0 aliphatic carbocycles. The highest BCUT2D eigenvalue weighted by Gasteiger charge is 2.29. The number of nitrogens with one attached hydrogen (secondary N) is 1. The molecule has 0 unspecified atom stereocenters. The van der Waals surface area contributed by atoms with E-state index in [-0.39, 0.29) is 29.1 Å². The van der Waals surface area contributed by atoms with Crippen LogP contribution in [0.4, 0.5) is 23.2 Å². The van der Waals surface area contributed by atoms with Crippen molar-refractivity contribution < 1.29 is 22.3 Å². The summed E-state index contributed by atoms with van der Waals surface area (Å²) < 4.78 is 53.8. The zero-order valence-corrected chi connectivity index (χ0v) is 9.08. The minimum absolute atomic E-state index is 0.0860. The van der Waals surface area contributed by atoms with Crippen LogP contribution in [0.1, 0.15) is 0 Å². The Morgan fingerprint density at radius 2 is 2.06 bits per heavy atom. The van der Waals surface area contributed by atoms with Gasteiger partial charge in [-0.2, -0.15) is 13.2 Å². The van der Waals surface area contributed by atoms with Gasteiger partial charge in [0.1, 0.15) is 12.5 Å². The van der Waals surface area contributed by atoms with Crippen LogP contribution in [-0.2, 0) is 4.74 Å². The Bertz CT molecular complexity index is 356. The topological polar surface area (TPSA) is 21.3 Å². The Balaban J connectivity index is 2.74. The molecule has 0 heterocycles. The van der Waals surface area contributed by atoms with Gasteiger partial charge in [0.05, 0.1) is 5.69 Å². The summed E-state index contributed by atoms with van der Waals surface area (Å²) in [6, 6.07) is 3.26. The molecule has 0 aromatic heterocycles. The summed E-state index contributed by atoms with van der Waals surface area (Å²) in [5, 5.41) is 2.56.